The number of nitrogens with zero attached hydrogens (tertiary/aromatic N) is 1. The lowest BCUT2D eigenvalue weighted by Crippen LogP contribution is -2.49. The number of benzene rings is 1. The third kappa shape index (κ3) is 3.85. The van der Waals surface area contributed by atoms with Crippen molar-refractivity contribution in [3.05, 3.63) is 35.9 Å². The van der Waals surface area contributed by atoms with Crippen LogP contribution in [0.2, 0.25) is 0 Å². The molecule has 3 nitrogen and oxygen atoms in total. The van der Waals surface area contributed by atoms with Crippen molar-refractivity contribution >= 4 is 0 Å². The lowest BCUT2D eigenvalue weighted by molar-refractivity contribution is 0.0881. The minimum atomic E-state index is -0.479. The van der Waals surface area contributed by atoms with Crippen LogP contribution >= 0.6 is 0 Å². The first-order valence-corrected chi connectivity index (χ1v) is 5.85. The molecule has 0 bridgehead atoms. The van der Waals surface area contributed by atoms with Crippen molar-refractivity contribution in [1.29, 1.82) is 5.26 Å². The van der Waals surface area contributed by atoms with Crippen molar-refractivity contribution < 1.29 is 5.11 Å². The second-order valence-corrected chi connectivity index (χ2v) is 4.87. The number of aliphatic hydroxyl groups is 1. The van der Waals surface area contributed by atoms with Crippen molar-refractivity contribution in [2.24, 2.45) is 0 Å². The van der Waals surface area contributed by atoms with Gasteiger partial charge in [-0.05, 0) is 26.3 Å². The smallest absolute Gasteiger partial charge is 0.0688 e. The van der Waals surface area contributed by atoms with Crippen LogP contribution in [0.5, 0.6) is 0 Å². The van der Waals surface area contributed by atoms with Crippen LogP contribution in [0.3, 0.4) is 0 Å². The minimum Gasteiger partial charge on any atom is -0.392 e. The van der Waals surface area contributed by atoms with Gasteiger partial charge >= 0.3 is 0 Å². The van der Waals surface area contributed by atoms with Crippen LogP contribution in [0, 0.1) is 11.3 Å². The third-order valence-electron chi connectivity index (χ3n) is 3.09. The Bertz CT molecular complexity index is 379. The van der Waals surface area contributed by atoms with Crippen LogP contribution < -0.4 is 5.32 Å². The zero-order valence-corrected chi connectivity index (χ0v) is 10.6. The van der Waals surface area contributed by atoms with Gasteiger partial charge in [-0.2, -0.15) is 5.26 Å². The van der Waals surface area contributed by atoms with E-state index in [4.69, 9.17) is 5.26 Å². The molecule has 0 saturated heterocycles. The molecule has 0 heterocycles. The minimum absolute atomic E-state index is 0.0502. The summed E-state index contributed by atoms with van der Waals surface area (Å²) in [4.78, 5) is 0. The largest absolute Gasteiger partial charge is 0.392 e. The Hall–Kier alpha value is -1.37. The van der Waals surface area contributed by atoms with E-state index in [-0.39, 0.29) is 6.04 Å². The number of hydrogen-bond acceptors (Lipinski definition) is 3. The van der Waals surface area contributed by atoms with E-state index >= 15 is 0 Å². The molecule has 0 radical (unpaired) electrons. The molecule has 0 aliphatic rings. The van der Waals surface area contributed by atoms with E-state index in [9.17, 15) is 5.11 Å². The molecule has 0 aliphatic heterocycles. The average molecular weight is 232 g/mol. The number of hydrogen-bond donors (Lipinski definition) is 2. The maximum atomic E-state index is 9.70. The van der Waals surface area contributed by atoms with Crippen LogP contribution in [-0.4, -0.2) is 16.7 Å². The topological polar surface area (TPSA) is 56.0 Å². The molecule has 92 valence electrons. The molecule has 1 rings (SSSR count). The van der Waals surface area contributed by atoms with Gasteiger partial charge in [-0.3, -0.25) is 0 Å². The molecular weight excluding hydrogens is 212 g/mol. The van der Waals surface area contributed by atoms with E-state index in [1.165, 1.54) is 0 Å². The lowest BCUT2D eigenvalue weighted by Gasteiger charge is -2.33. The Morgan fingerprint density at radius 2 is 1.94 bits per heavy atom. The summed E-state index contributed by atoms with van der Waals surface area (Å²) in [7, 11) is 0. The van der Waals surface area contributed by atoms with Gasteiger partial charge in [0.25, 0.3) is 0 Å². The fourth-order valence-corrected chi connectivity index (χ4v) is 1.60. The van der Waals surface area contributed by atoms with E-state index < -0.39 is 11.6 Å². The Labute approximate surface area is 103 Å². The van der Waals surface area contributed by atoms with Gasteiger partial charge in [-0.25, -0.2) is 0 Å². The summed E-state index contributed by atoms with van der Waals surface area (Å²) in [5.41, 5.74) is 0.653. The van der Waals surface area contributed by atoms with Crippen molar-refractivity contribution in [2.45, 2.75) is 44.9 Å². The Balaban J connectivity index is 2.85. The lowest BCUT2D eigenvalue weighted by atomic mass is 9.94. The van der Waals surface area contributed by atoms with Crippen LogP contribution in [0.4, 0.5) is 0 Å². The van der Waals surface area contributed by atoms with Crippen molar-refractivity contribution in [1.82, 2.24) is 5.32 Å². The highest BCUT2D eigenvalue weighted by atomic mass is 16.3. The summed E-state index contributed by atoms with van der Waals surface area (Å²) in [6.07, 6.45) is -0.0902. The summed E-state index contributed by atoms with van der Waals surface area (Å²) in [5.74, 6) is 0. The molecular formula is C14H20N2O. The molecule has 2 atom stereocenters. The van der Waals surface area contributed by atoms with Gasteiger partial charge in [0, 0.05) is 11.6 Å². The molecule has 2 N–H and O–H groups in total. The fraction of sp³-hybridized carbons (Fsp3) is 0.500. The van der Waals surface area contributed by atoms with E-state index in [0.717, 1.165) is 5.56 Å². The van der Waals surface area contributed by atoms with Gasteiger partial charge in [0.05, 0.1) is 18.6 Å². The Kier molecular flexibility index (Phi) is 4.68. The van der Waals surface area contributed by atoms with Crippen LogP contribution in [0.15, 0.2) is 30.3 Å². The second-order valence-electron chi connectivity index (χ2n) is 4.87. The van der Waals surface area contributed by atoms with Crippen LogP contribution in [-0.2, 0) is 0 Å². The van der Waals surface area contributed by atoms with Crippen molar-refractivity contribution in [2.75, 3.05) is 0 Å². The summed E-state index contributed by atoms with van der Waals surface area (Å²) in [6.45, 7) is 5.62. The zero-order chi connectivity index (χ0) is 12.9. The summed E-state index contributed by atoms with van der Waals surface area (Å²) < 4.78 is 0. The predicted octanol–water partition coefficient (Wildman–Crippen LogP) is 2.39. The molecule has 1 aromatic carbocycles. The van der Waals surface area contributed by atoms with Crippen molar-refractivity contribution in [3.63, 3.8) is 0 Å². The molecule has 0 aliphatic carbocycles. The summed E-state index contributed by atoms with van der Waals surface area (Å²) >= 11 is 0. The Morgan fingerprint density at radius 3 is 2.41 bits per heavy atom. The third-order valence-corrected chi connectivity index (χ3v) is 3.09. The second kappa shape index (κ2) is 5.81. The van der Waals surface area contributed by atoms with Gasteiger partial charge in [0.2, 0.25) is 0 Å². The monoisotopic (exact) mass is 232 g/mol. The zero-order valence-electron chi connectivity index (χ0n) is 10.6. The van der Waals surface area contributed by atoms with Gasteiger partial charge in [-0.15, -0.1) is 0 Å². The van der Waals surface area contributed by atoms with E-state index in [2.05, 4.69) is 11.4 Å². The molecule has 1 aromatic rings. The first kappa shape index (κ1) is 13.7. The van der Waals surface area contributed by atoms with E-state index in [0.29, 0.717) is 6.42 Å². The normalized spacial score (nSPS) is 15.0. The fourth-order valence-electron chi connectivity index (χ4n) is 1.60. The van der Waals surface area contributed by atoms with Crippen molar-refractivity contribution in [3.8, 4) is 6.07 Å². The first-order chi connectivity index (χ1) is 7.97. The number of nitrogens with one attached hydrogen (secondary N) is 1. The van der Waals surface area contributed by atoms with Crippen LogP contribution in [0.1, 0.15) is 38.8 Å². The predicted molar refractivity (Wildman–Crippen MR) is 68.3 cm³/mol. The molecule has 0 spiro atoms. The Morgan fingerprint density at radius 1 is 1.35 bits per heavy atom. The van der Waals surface area contributed by atoms with E-state index in [1.54, 1.807) is 6.92 Å². The molecule has 3 heteroatoms. The molecule has 0 amide bonds. The highest BCUT2D eigenvalue weighted by molar-refractivity contribution is 5.20. The number of nitriles is 1. The van der Waals surface area contributed by atoms with E-state index in [1.807, 2.05) is 44.2 Å². The number of aliphatic hydroxyl groups excluding tert-OH is 1. The number of rotatable bonds is 5. The van der Waals surface area contributed by atoms with Gasteiger partial charge in [0.15, 0.2) is 0 Å². The maximum absolute atomic E-state index is 9.70. The maximum Gasteiger partial charge on any atom is 0.0688 e. The standard InChI is InChI=1S/C14H20N2O/c1-11(17)14(2,3)16-13(9-10-15)12-7-5-4-6-8-12/h4-8,11,13,16-17H,9H2,1-3H3. The molecule has 0 saturated carbocycles. The molecule has 2 unspecified atom stereocenters. The summed E-state index contributed by atoms with van der Waals surface area (Å²) in [5, 5.41) is 21.9. The van der Waals surface area contributed by atoms with Gasteiger partial charge < -0.3 is 10.4 Å². The first-order valence-electron chi connectivity index (χ1n) is 5.85. The van der Waals surface area contributed by atoms with Gasteiger partial charge in [0.1, 0.15) is 0 Å². The SMILES string of the molecule is CC(O)C(C)(C)NC(CC#N)c1ccccc1. The average Bonchev–Trinajstić information content (AvgIpc) is 2.29. The molecule has 17 heavy (non-hydrogen) atoms. The van der Waals surface area contributed by atoms with Crippen LogP contribution in [0.25, 0.3) is 0 Å². The highest BCUT2D eigenvalue weighted by Crippen LogP contribution is 2.21. The molecule has 0 fully saturated rings. The quantitative estimate of drug-likeness (QED) is 0.819. The van der Waals surface area contributed by atoms with Gasteiger partial charge in [-0.1, -0.05) is 30.3 Å². The highest BCUT2D eigenvalue weighted by Gasteiger charge is 2.27. The summed E-state index contributed by atoms with van der Waals surface area (Å²) in [6, 6.07) is 12.0. The molecule has 0 aromatic heterocycles.